The molecule has 9 nitrogen and oxygen atoms in total. The van der Waals surface area contributed by atoms with Crippen molar-refractivity contribution >= 4 is 19.7 Å². The number of phosphoric ester groups is 1. The van der Waals surface area contributed by atoms with Gasteiger partial charge >= 0.3 is 5.97 Å². The van der Waals surface area contributed by atoms with E-state index in [4.69, 9.17) is 13.8 Å². The molecule has 0 heterocycles. The maximum absolute atomic E-state index is 13.5. The molecule has 3 atom stereocenters. The summed E-state index contributed by atoms with van der Waals surface area (Å²) in [6, 6.07) is -0.917. The number of unbranched alkanes of at least 4 members (excludes halogenated alkanes) is 41. The van der Waals surface area contributed by atoms with Crippen molar-refractivity contribution in [3.05, 3.63) is 60.8 Å². The number of carbonyl (C=O) groups is 2. The van der Waals surface area contributed by atoms with E-state index < -0.39 is 26.6 Å². The number of carbonyl (C=O) groups excluding carboxylic acids is 2. The van der Waals surface area contributed by atoms with Crippen LogP contribution in [0.1, 0.15) is 342 Å². The Labute approximate surface area is 515 Å². The molecule has 0 rings (SSSR count). The largest absolute Gasteiger partial charge is 0.756 e. The molecule has 10 heteroatoms. The fourth-order valence-electron chi connectivity index (χ4n) is 10.5. The molecular weight excluding hydrogens is 1050 g/mol. The molecule has 0 aromatic carbocycles. The second-order valence-electron chi connectivity index (χ2n) is 25.4. The van der Waals surface area contributed by atoms with Gasteiger partial charge in [-0.25, -0.2) is 0 Å². The maximum Gasteiger partial charge on any atom is 0.306 e. The number of allylic oxidation sites excluding steroid dienone is 9. The van der Waals surface area contributed by atoms with Crippen molar-refractivity contribution in [3.63, 3.8) is 0 Å². The normalized spacial score (nSPS) is 13.9. The number of hydrogen-bond acceptors (Lipinski definition) is 7. The summed E-state index contributed by atoms with van der Waals surface area (Å²) >= 11 is 0. The van der Waals surface area contributed by atoms with Crippen LogP contribution in [0, 0.1) is 0 Å². The molecule has 3 unspecified atom stereocenters. The Morgan fingerprint density at radius 2 is 0.747 bits per heavy atom. The smallest absolute Gasteiger partial charge is 0.306 e. The third kappa shape index (κ3) is 64.0. The molecule has 0 aliphatic rings. The van der Waals surface area contributed by atoms with E-state index in [0.29, 0.717) is 17.4 Å². The highest BCUT2D eigenvalue weighted by Crippen LogP contribution is 2.38. The van der Waals surface area contributed by atoms with E-state index in [2.05, 4.69) is 74.7 Å². The molecule has 83 heavy (non-hydrogen) atoms. The zero-order valence-electron chi connectivity index (χ0n) is 55.7. The minimum atomic E-state index is -4.72. The van der Waals surface area contributed by atoms with Crippen molar-refractivity contribution in [2.45, 2.75) is 354 Å². The number of nitrogens with one attached hydrogen (secondary N) is 1. The van der Waals surface area contributed by atoms with Gasteiger partial charge in [0.1, 0.15) is 19.3 Å². The van der Waals surface area contributed by atoms with Crippen molar-refractivity contribution in [2.75, 3.05) is 40.9 Å². The molecule has 0 aliphatic carbocycles. The maximum atomic E-state index is 13.5. The van der Waals surface area contributed by atoms with Crippen molar-refractivity contribution in [3.8, 4) is 0 Å². The number of nitrogens with zero attached hydrogens (tertiary/aromatic N) is 1. The fraction of sp³-hybridized carbons (Fsp3) is 0.836. The van der Waals surface area contributed by atoms with Crippen molar-refractivity contribution in [1.82, 2.24) is 5.32 Å². The molecule has 0 spiro atoms. The lowest BCUT2D eigenvalue weighted by molar-refractivity contribution is -0.870. The topological polar surface area (TPSA) is 114 Å². The molecular formula is C73H137N2O7P. The van der Waals surface area contributed by atoms with Crippen LogP contribution in [0.4, 0.5) is 0 Å². The SMILES string of the molecule is CCCCC/C=C\C/C=C\C/C=C\C/C=C\CCCC(=O)NC(COP(=O)([O-])OCC[N+](C)(C)C)C(/C=C\CCCCCCCCCCCCC)OC(=O)CCCCCCCCCCCCCCCCCCCCCCCCCCCCC. The third-order valence-corrected chi connectivity index (χ3v) is 16.9. The summed E-state index contributed by atoms with van der Waals surface area (Å²) in [6.07, 6.45) is 80.8. The number of ether oxygens (including phenoxy) is 1. The number of hydrogen-bond donors (Lipinski definition) is 1. The van der Waals surface area contributed by atoms with Crippen LogP contribution in [0.15, 0.2) is 60.8 Å². The number of rotatable bonds is 65. The van der Waals surface area contributed by atoms with Crippen LogP contribution in [-0.2, 0) is 27.9 Å². The zero-order valence-corrected chi connectivity index (χ0v) is 56.6. The molecule has 0 aromatic rings. The predicted molar refractivity (Wildman–Crippen MR) is 358 cm³/mol. The van der Waals surface area contributed by atoms with E-state index >= 15 is 0 Å². The van der Waals surface area contributed by atoms with E-state index in [1.54, 1.807) is 0 Å². The molecule has 0 bridgehead atoms. The highest BCUT2D eigenvalue weighted by atomic mass is 31.2. The average Bonchev–Trinajstić information content (AvgIpc) is 3.46. The van der Waals surface area contributed by atoms with E-state index in [-0.39, 0.29) is 31.3 Å². The van der Waals surface area contributed by atoms with Crippen LogP contribution in [0.25, 0.3) is 0 Å². The van der Waals surface area contributed by atoms with Crippen LogP contribution in [-0.4, -0.2) is 69.4 Å². The van der Waals surface area contributed by atoms with E-state index in [9.17, 15) is 19.0 Å². The number of likely N-dealkylation sites (N-methyl/N-ethyl adjacent to an activating group) is 1. The lowest BCUT2D eigenvalue weighted by Crippen LogP contribution is -2.47. The quantitative estimate of drug-likeness (QED) is 0.0212. The van der Waals surface area contributed by atoms with Crippen molar-refractivity contribution in [2.24, 2.45) is 0 Å². The van der Waals surface area contributed by atoms with E-state index in [1.165, 1.54) is 238 Å². The Morgan fingerprint density at radius 1 is 0.422 bits per heavy atom. The monoisotopic (exact) mass is 1190 g/mol. The highest BCUT2D eigenvalue weighted by molar-refractivity contribution is 7.45. The number of amides is 1. The molecule has 0 aliphatic heterocycles. The second-order valence-corrected chi connectivity index (χ2v) is 26.8. The van der Waals surface area contributed by atoms with Crippen LogP contribution in [0.3, 0.4) is 0 Å². The van der Waals surface area contributed by atoms with Gasteiger partial charge in [-0.3, -0.25) is 14.2 Å². The summed E-state index contributed by atoms with van der Waals surface area (Å²) in [7, 11) is 1.16. The summed E-state index contributed by atoms with van der Waals surface area (Å²) in [5.41, 5.74) is 0. The molecule has 0 fully saturated rings. The fourth-order valence-corrected chi connectivity index (χ4v) is 11.2. The molecule has 1 N–H and O–H groups in total. The molecule has 0 aromatic heterocycles. The summed E-state index contributed by atoms with van der Waals surface area (Å²) < 4.78 is 30.4. The van der Waals surface area contributed by atoms with Gasteiger partial charge in [-0.2, -0.15) is 0 Å². The first-order valence-electron chi connectivity index (χ1n) is 35.6. The Bertz CT molecular complexity index is 1600. The van der Waals surface area contributed by atoms with Gasteiger partial charge in [0.2, 0.25) is 5.91 Å². The van der Waals surface area contributed by atoms with Crippen molar-refractivity contribution in [1.29, 1.82) is 0 Å². The molecule has 0 saturated heterocycles. The predicted octanol–water partition coefficient (Wildman–Crippen LogP) is 21.9. The standard InChI is InChI=1S/C73H137N2O7P/c1-7-10-13-16-19-22-25-28-30-32-33-34-35-36-37-38-39-40-41-43-45-48-51-54-57-60-63-66-73(77)82-71(64-61-58-55-52-49-46-27-24-21-18-15-12-9-3)70(69-81-83(78,79)80-68-67-75(4,5)6)74-72(76)65-62-59-56-53-50-47-44-42-31-29-26-23-20-17-14-11-8-2/h20,23,29,31,44,47,53,56,61,64,70-71H,7-19,21-22,24-28,30,32-43,45-46,48-52,54-55,57-60,62-63,65-69H2,1-6H3,(H-,74,76,78,79)/b23-20-,31-29-,47-44-,56-53-,64-61-. The number of esters is 1. The molecule has 1 amide bonds. The minimum Gasteiger partial charge on any atom is -0.756 e. The van der Waals surface area contributed by atoms with Gasteiger partial charge in [-0.15, -0.1) is 0 Å². The Balaban J connectivity index is 5.07. The van der Waals surface area contributed by atoms with Gasteiger partial charge in [0.15, 0.2) is 0 Å². The summed E-state index contributed by atoms with van der Waals surface area (Å²) in [5, 5.41) is 3.01. The molecule has 0 saturated carbocycles. The van der Waals surface area contributed by atoms with Gasteiger partial charge in [-0.05, 0) is 70.3 Å². The highest BCUT2D eigenvalue weighted by Gasteiger charge is 2.27. The Hall–Kier alpha value is -2.29. The number of phosphoric acid groups is 1. The number of quaternary nitrogens is 1. The lowest BCUT2D eigenvalue weighted by atomic mass is 10.0. The Morgan fingerprint density at radius 3 is 1.14 bits per heavy atom. The van der Waals surface area contributed by atoms with Gasteiger partial charge in [0, 0.05) is 12.8 Å². The van der Waals surface area contributed by atoms with Gasteiger partial charge < -0.3 is 28.5 Å². The first kappa shape index (κ1) is 80.7. The van der Waals surface area contributed by atoms with Crippen LogP contribution >= 0.6 is 7.82 Å². The van der Waals surface area contributed by atoms with Crippen molar-refractivity contribution < 1.29 is 37.3 Å². The first-order chi connectivity index (χ1) is 40.4. The second kappa shape index (κ2) is 62.8. The summed E-state index contributed by atoms with van der Waals surface area (Å²) in [5.74, 6) is -0.593. The van der Waals surface area contributed by atoms with E-state index in [1.807, 2.05) is 33.3 Å². The molecule has 486 valence electrons. The summed E-state index contributed by atoms with van der Waals surface area (Å²) in [4.78, 5) is 40.1. The average molecular weight is 1190 g/mol. The van der Waals surface area contributed by atoms with E-state index in [0.717, 1.165) is 64.2 Å². The van der Waals surface area contributed by atoms with Gasteiger partial charge in [0.05, 0.1) is 33.8 Å². The molecule has 0 radical (unpaired) electrons. The lowest BCUT2D eigenvalue weighted by Gasteiger charge is -2.30. The van der Waals surface area contributed by atoms with Crippen LogP contribution < -0.4 is 10.2 Å². The first-order valence-corrected chi connectivity index (χ1v) is 37.1. The minimum absolute atomic E-state index is 0.0320. The third-order valence-electron chi connectivity index (χ3n) is 16.0. The van der Waals surface area contributed by atoms with Crippen LogP contribution in [0.2, 0.25) is 0 Å². The van der Waals surface area contributed by atoms with Gasteiger partial charge in [-0.1, -0.05) is 319 Å². The Kier molecular flexibility index (Phi) is 61.0. The summed E-state index contributed by atoms with van der Waals surface area (Å²) in [6.45, 7) is 6.82. The van der Waals surface area contributed by atoms with Crippen LogP contribution in [0.5, 0.6) is 0 Å². The van der Waals surface area contributed by atoms with Gasteiger partial charge in [0.25, 0.3) is 7.82 Å². The zero-order chi connectivity index (χ0) is 60.7.